The molecule has 0 saturated heterocycles. The second-order valence-electron chi connectivity index (χ2n) is 7.81. The first-order valence-corrected chi connectivity index (χ1v) is 12.5. The fourth-order valence-corrected chi connectivity index (χ4v) is 3.29. The van der Waals surface area contributed by atoms with Gasteiger partial charge >= 0.3 is 18.1 Å². The predicted molar refractivity (Wildman–Crippen MR) is 131 cm³/mol. The molecule has 0 radical (unpaired) electrons. The van der Waals surface area contributed by atoms with Crippen molar-refractivity contribution in [2.24, 2.45) is 0 Å². The third-order valence-electron chi connectivity index (χ3n) is 4.78. The van der Waals surface area contributed by atoms with Crippen molar-refractivity contribution in [1.82, 2.24) is 15.0 Å². The van der Waals surface area contributed by atoms with Crippen LogP contribution in [-0.2, 0) is 23.7 Å². The number of hydrogen-bond acceptors (Lipinski definition) is 8. The number of imidazole rings is 1. The lowest BCUT2D eigenvalue weighted by Gasteiger charge is -2.33. The Morgan fingerprint density at radius 1 is 1.00 bits per heavy atom. The molecule has 0 fully saturated rings. The number of esters is 1. The van der Waals surface area contributed by atoms with Gasteiger partial charge < -0.3 is 28.7 Å². The van der Waals surface area contributed by atoms with Crippen LogP contribution in [0.5, 0.6) is 6.01 Å². The molecule has 0 aliphatic rings. The van der Waals surface area contributed by atoms with Crippen LogP contribution in [0.2, 0.25) is 0 Å². The van der Waals surface area contributed by atoms with Gasteiger partial charge in [0.15, 0.2) is 0 Å². The number of nitrogens with zero attached hydrogens (tertiary/aromatic N) is 2. The molecule has 0 aromatic carbocycles. The van der Waals surface area contributed by atoms with Crippen molar-refractivity contribution < 1.29 is 28.5 Å². The van der Waals surface area contributed by atoms with Crippen molar-refractivity contribution in [1.29, 1.82) is 0 Å². The van der Waals surface area contributed by atoms with Crippen LogP contribution < -0.4 is 4.74 Å². The van der Waals surface area contributed by atoms with Gasteiger partial charge in [0.1, 0.15) is 0 Å². The van der Waals surface area contributed by atoms with Gasteiger partial charge in [-0.05, 0) is 40.2 Å². The van der Waals surface area contributed by atoms with Crippen LogP contribution in [0.1, 0.15) is 86.5 Å². The number of unbranched alkanes of at least 4 members (excludes halogenated alkanes) is 5. The molecule has 0 spiro atoms. The Balaban J connectivity index is 0.000000375. The second-order valence-corrected chi connectivity index (χ2v) is 7.81. The van der Waals surface area contributed by atoms with E-state index < -0.39 is 12.1 Å². The monoisotopic (exact) mass is 481 g/mol. The Morgan fingerprint density at radius 3 is 2.18 bits per heavy atom. The molecule has 0 amide bonds. The highest BCUT2D eigenvalue weighted by atomic mass is 17.0. The zero-order chi connectivity index (χ0) is 25.2. The lowest BCUT2D eigenvalue weighted by Crippen LogP contribution is -2.44. The van der Waals surface area contributed by atoms with Gasteiger partial charge in [-0.1, -0.05) is 45.4 Å². The minimum Gasteiger partial charge on any atom is -0.392 e. The van der Waals surface area contributed by atoms with Crippen LogP contribution >= 0.6 is 0 Å². The van der Waals surface area contributed by atoms with Crippen molar-refractivity contribution >= 4 is 17.0 Å². The first kappa shape index (κ1) is 30.0. The molecule has 194 valence electrons. The van der Waals surface area contributed by atoms with E-state index in [1.54, 1.807) is 18.5 Å². The summed E-state index contributed by atoms with van der Waals surface area (Å²) >= 11 is 0. The van der Waals surface area contributed by atoms with Gasteiger partial charge in [-0.15, -0.1) is 0 Å². The lowest BCUT2D eigenvalue weighted by molar-refractivity contribution is -0.505. The molecule has 2 rings (SSSR count). The van der Waals surface area contributed by atoms with Gasteiger partial charge in [0.05, 0.1) is 43.2 Å². The number of carbonyl (C=O) groups is 1. The van der Waals surface area contributed by atoms with Crippen molar-refractivity contribution in [2.45, 2.75) is 98.8 Å². The van der Waals surface area contributed by atoms with E-state index in [1.165, 1.54) is 45.4 Å². The van der Waals surface area contributed by atoms with E-state index in [0.29, 0.717) is 19.8 Å². The van der Waals surface area contributed by atoms with Crippen LogP contribution in [-0.4, -0.2) is 53.0 Å². The summed E-state index contributed by atoms with van der Waals surface area (Å²) in [6.07, 6.45) is 10.7. The van der Waals surface area contributed by atoms with E-state index in [4.69, 9.17) is 23.7 Å². The number of H-pyrrole nitrogens is 1. The lowest BCUT2D eigenvalue weighted by atomic mass is 10.1. The third-order valence-corrected chi connectivity index (χ3v) is 4.78. The highest BCUT2D eigenvalue weighted by Crippen LogP contribution is 2.22. The Labute approximate surface area is 203 Å². The van der Waals surface area contributed by atoms with Crippen LogP contribution in [0.4, 0.5) is 0 Å². The number of fused-ring (bicyclic) bond motifs is 1. The molecule has 9 nitrogen and oxygen atoms in total. The fraction of sp³-hybridized carbons (Fsp3) is 0.720. The maximum atomic E-state index is 10.6. The van der Waals surface area contributed by atoms with Crippen LogP contribution in [0.3, 0.4) is 0 Å². The predicted octanol–water partition coefficient (Wildman–Crippen LogP) is 5.75. The summed E-state index contributed by atoms with van der Waals surface area (Å²) in [4.78, 5) is 21.3. The highest BCUT2D eigenvalue weighted by Gasteiger charge is 2.36. The summed E-state index contributed by atoms with van der Waals surface area (Å²) in [5.41, 5.74) is 1.48. The number of rotatable bonds is 16. The van der Waals surface area contributed by atoms with Crippen LogP contribution in [0.15, 0.2) is 18.5 Å². The van der Waals surface area contributed by atoms with E-state index in [2.05, 4.69) is 28.8 Å². The molecule has 34 heavy (non-hydrogen) atoms. The summed E-state index contributed by atoms with van der Waals surface area (Å²) in [7, 11) is 0. The van der Waals surface area contributed by atoms with E-state index in [9.17, 15) is 4.79 Å². The third kappa shape index (κ3) is 11.9. The first-order chi connectivity index (χ1) is 16.4. The van der Waals surface area contributed by atoms with Gasteiger partial charge in [-0.2, -0.15) is 4.98 Å². The summed E-state index contributed by atoms with van der Waals surface area (Å²) in [5.74, 6) is -0.396. The molecule has 1 N–H and O–H groups in total. The summed E-state index contributed by atoms with van der Waals surface area (Å²) < 4.78 is 27.4. The molecule has 0 saturated carbocycles. The number of aromatic nitrogens is 3. The molecule has 0 aliphatic heterocycles. The molecule has 2 aromatic rings. The van der Waals surface area contributed by atoms with Gasteiger partial charge in [0.25, 0.3) is 0 Å². The number of aromatic amines is 1. The number of carbonyl (C=O) groups excluding carboxylic acids is 1. The largest absolute Gasteiger partial charge is 0.412 e. The molecule has 2 heterocycles. The molecule has 0 aliphatic carbocycles. The van der Waals surface area contributed by atoms with Crippen LogP contribution in [0.25, 0.3) is 11.0 Å². The SMILES string of the molecule is CC(=O)Oc1nc2ccncc2[nH]1.CCCCCCCCC(C)OC(OCC)(OCC)OCC. The minimum absolute atomic E-state index is 0.0563. The Bertz CT molecular complexity index is 748. The molecule has 1 unspecified atom stereocenters. The van der Waals surface area contributed by atoms with Crippen LogP contribution in [0, 0.1) is 0 Å². The standard InChI is InChI=1S/C17H36O4.C8H7N3O2/c1-6-10-11-12-13-14-15-16(5)21-17(18-7-2,19-8-3)20-9-4;1-5(12)13-8-10-6-2-3-9-4-7(6)11-8/h16H,6-15H2,1-5H3;2-4H,1H3,(H,10,11). The molecular formula is C25H43N3O6. The van der Waals surface area contributed by atoms with Crippen molar-refractivity contribution in [3.63, 3.8) is 0 Å². The Kier molecular flexibility index (Phi) is 15.3. The summed E-state index contributed by atoms with van der Waals surface area (Å²) in [6.45, 7) is 12.8. The van der Waals surface area contributed by atoms with Gasteiger partial charge in [0, 0.05) is 13.1 Å². The van der Waals surface area contributed by atoms with Crippen molar-refractivity contribution in [3.8, 4) is 6.01 Å². The van der Waals surface area contributed by atoms with Gasteiger partial charge in [0.2, 0.25) is 0 Å². The second kappa shape index (κ2) is 17.4. The van der Waals surface area contributed by atoms with E-state index in [0.717, 1.165) is 17.5 Å². The Hall–Kier alpha value is -2.07. The fourth-order valence-electron chi connectivity index (χ4n) is 3.29. The number of ether oxygens (including phenoxy) is 5. The Morgan fingerprint density at radius 2 is 1.62 bits per heavy atom. The van der Waals surface area contributed by atoms with Crippen molar-refractivity contribution in [3.05, 3.63) is 18.5 Å². The summed E-state index contributed by atoms with van der Waals surface area (Å²) in [6, 6.07) is 1.94. The molecule has 0 bridgehead atoms. The quantitative estimate of drug-likeness (QED) is 0.184. The molecule has 9 heteroatoms. The molecule has 1 atom stereocenters. The maximum absolute atomic E-state index is 10.6. The smallest absolute Gasteiger partial charge is 0.392 e. The van der Waals surface area contributed by atoms with E-state index in [-0.39, 0.29) is 12.1 Å². The minimum atomic E-state index is -1.33. The maximum Gasteiger partial charge on any atom is 0.412 e. The molecular weight excluding hydrogens is 438 g/mol. The van der Waals surface area contributed by atoms with Gasteiger partial charge in [-0.3, -0.25) is 9.78 Å². The summed E-state index contributed by atoms with van der Waals surface area (Å²) in [5, 5.41) is 0. The normalized spacial score (nSPS) is 12.3. The number of pyridine rings is 1. The molecule has 2 aromatic heterocycles. The van der Waals surface area contributed by atoms with Gasteiger partial charge in [-0.25, -0.2) is 0 Å². The average molecular weight is 482 g/mol. The zero-order valence-corrected chi connectivity index (χ0v) is 21.7. The number of hydrogen-bond donors (Lipinski definition) is 1. The zero-order valence-electron chi connectivity index (χ0n) is 21.7. The van der Waals surface area contributed by atoms with E-state index >= 15 is 0 Å². The average Bonchev–Trinajstić information content (AvgIpc) is 3.18. The first-order valence-electron chi connectivity index (χ1n) is 12.5. The van der Waals surface area contributed by atoms with Crippen molar-refractivity contribution in [2.75, 3.05) is 19.8 Å². The highest BCUT2D eigenvalue weighted by molar-refractivity contribution is 5.75. The topological polar surface area (TPSA) is 105 Å². The van der Waals surface area contributed by atoms with E-state index in [1.807, 2.05) is 20.8 Å². The number of nitrogens with one attached hydrogen (secondary N) is 1.